The number of carbonyl (C=O) groups excluding carboxylic acids is 1. The first-order chi connectivity index (χ1) is 12.3. The summed E-state index contributed by atoms with van der Waals surface area (Å²) in [5.74, 6) is -0.866. The van der Waals surface area contributed by atoms with Crippen LogP contribution < -0.4 is 22.7 Å². The number of nitrogens with two attached hydrogens (primary N) is 2. The van der Waals surface area contributed by atoms with Crippen molar-refractivity contribution in [3.8, 4) is 6.07 Å². The van der Waals surface area contributed by atoms with Gasteiger partial charge in [-0.05, 0) is 6.42 Å². The molecule has 26 heavy (non-hydrogen) atoms. The molecule has 2 heterocycles. The molecule has 0 saturated carbocycles. The van der Waals surface area contributed by atoms with E-state index in [0.29, 0.717) is 13.0 Å². The first kappa shape index (κ1) is 19.2. The highest BCUT2D eigenvalue weighted by molar-refractivity contribution is 7.99. The third kappa shape index (κ3) is 3.60. The second kappa shape index (κ2) is 7.83. The molecule has 11 heteroatoms. The molecule has 2 rings (SSSR count). The number of Topliss-reactive ketones (excluding diaryl/α,β-unsaturated/α-hetero) is 1. The van der Waals surface area contributed by atoms with E-state index >= 15 is 0 Å². The number of thioether (sulfide) groups is 1. The lowest BCUT2D eigenvalue weighted by Crippen LogP contribution is -2.42. The van der Waals surface area contributed by atoms with Gasteiger partial charge < -0.3 is 11.5 Å². The van der Waals surface area contributed by atoms with E-state index in [9.17, 15) is 14.4 Å². The number of nitrogens with zero attached hydrogens (tertiary/aromatic N) is 5. The van der Waals surface area contributed by atoms with Crippen molar-refractivity contribution in [1.29, 1.82) is 5.26 Å². The van der Waals surface area contributed by atoms with E-state index in [2.05, 4.69) is 9.97 Å². The fraction of sp³-hybridized carbons (Fsp3) is 0.333. The van der Waals surface area contributed by atoms with Crippen LogP contribution in [0.1, 0.15) is 29.3 Å². The summed E-state index contributed by atoms with van der Waals surface area (Å²) < 4.78 is 2.07. The Labute approximate surface area is 152 Å². The third-order valence-corrected chi connectivity index (χ3v) is 4.42. The highest BCUT2D eigenvalue weighted by Crippen LogP contribution is 2.18. The molecule has 0 aliphatic rings. The molecule has 0 amide bonds. The van der Waals surface area contributed by atoms with Gasteiger partial charge in [-0.25, -0.2) is 14.8 Å². The molecule has 10 nitrogen and oxygen atoms in total. The highest BCUT2D eigenvalue weighted by Gasteiger charge is 2.21. The monoisotopic (exact) mass is 375 g/mol. The van der Waals surface area contributed by atoms with Gasteiger partial charge in [-0.3, -0.25) is 18.7 Å². The van der Waals surface area contributed by atoms with E-state index in [1.807, 2.05) is 13.0 Å². The Balaban J connectivity index is 2.33. The summed E-state index contributed by atoms with van der Waals surface area (Å²) in [5.41, 5.74) is 10.1. The van der Waals surface area contributed by atoms with E-state index in [1.54, 1.807) is 0 Å². The molecule has 0 aliphatic heterocycles. The number of hydrogen-bond acceptors (Lipinski definition) is 9. The Morgan fingerprint density at radius 2 is 2.08 bits per heavy atom. The Morgan fingerprint density at radius 1 is 1.38 bits per heavy atom. The van der Waals surface area contributed by atoms with Gasteiger partial charge in [0.15, 0.2) is 10.9 Å². The van der Waals surface area contributed by atoms with Crippen LogP contribution in [-0.2, 0) is 13.6 Å². The summed E-state index contributed by atoms with van der Waals surface area (Å²) in [7, 11) is 1.30. The maximum atomic E-state index is 12.5. The number of rotatable bonds is 6. The number of anilines is 2. The van der Waals surface area contributed by atoms with Gasteiger partial charge in [-0.1, -0.05) is 18.7 Å². The third-order valence-electron chi connectivity index (χ3n) is 3.56. The van der Waals surface area contributed by atoms with Crippen molar-refractivity contribution in [1.82, 2.24) is 19.1 Å². The van der Waals surface area contributed by atoms with Crippen LogP contribution in [0.25, 0.3) is 0 Å². The van der Waals surface area contributed by atoms with Crippen molar-refractivity contribution in [2.75, 3.05) is 17.2 Å². The SMILES string of the molecule is CCCn1c(N)c(C(=O)CSc2ncc(C#N)c(N)n2)c(=O)n(C)c1=O. The lowest BCUT2D eigenvalue weighted by Gasteiger charge is -2.13. The van der Waals surface area contributed by atoms with E-state index in [-0.39, 0.29) is 33.7 Å². The van der Waals surface area contributed by atoms with Gasteiger partial charge in [0, 0.05) is 13.6 Å². The van der Waals surface area contributed by atoms with Gasteiger partial charge >= 0.3 is 5.69 Å². The van der Waals surface area contributed by atoms with Gasteiger partial charge in [-0.15, -0.1) is 0 Å². The van der Waals surface area contributed by atoms with Crippen molar-refractivity contribution in [3.05, 3.63) is 38.2 Å². The predicted octanol–water partition coefficient (Wildman–Crippen LogP) is -0.242. The van der Waals surface area contributed by atoms with Gasteiger partial charge in [0.25, 0.3) is 5.56 Å². The zero-order chi connectivity index (χ0) is 19.4. The van der Waals surface area contributed by atoms with Crippen molar-refractivity contribution in [3.63, 3.8) is 0 Å². The van der Waals surface area contributed by atoms with Crippen molar-refractivity contribution in [2.24, 2.45) is 7.05 Å². The average Bonchev–Trinajstić information content (AvgIpc) is 2.62. The Bertz CT molecular complexity index is 1020. The molecule has 2 aromatic heterocycles. The van der Waals surface area contributed by atoms with E-state index in [4.69, 9.17) is 16.7 Å². The van der Waals surface area contributed by atoms with Crippen LogP contribution in [0, 0.1) is 11.3 Å². The summed E-state index contributed by atoms with van der Waals surface area (Å²) in [6, 6.07) is 1.84. The molecular formula is C15H17N7O3S. The zero-order valence-electron chi connectivity index (χ0n) is 14.2. The molecule has 0 saturated heterocycles. The summed E-state index contributed by atoms with van der Waals surface area (Å²) in [6.07, 6.45) is 1.87. The first-order valence-electron chi connectivity index (χ1n) is 7.59. The van der Waals surface area contributed by atoms with Crippen LogP contribution in [-0.4, -0.2) is 30.6 Å². The lowest BCUT2D eigenvalue weighted by molar-refractivity contribution is 0.102. The van der Waals surface area contributed by atoms with Gasteiger partial charge in [0.1, 0.15) is 28.8 Å². The maximum absolute atomic E-state index is 12.5. The number of nitrogen functional groups attached to an aromatic ring is 2. The summed E-state index contributed by atoms with van der Waals surface area (Å²) >= 11 is 0.951. The summed E-state index contributed by atoms with van der Waals surface area (Å²) in [4.78, 5) is 44.8. The number of aromatic nitrogens is 4. The van der Waals surface area contributed by atoms with E-state index in [1.165, 1.54) is 17.8 Å². The van der Waals surface area contributed by atoms with Gasteiger partial charge in [0.05, 0.1) is 11.9 Å². The second-order valence-electron chi connectivity index (χ2n) is 5.33. The second-order valence-corrected chi connectivity index (χ2v) is 6.28. The van der Waals surface area contributed by atoms with Crippen LogP contribution in [0.3, 0.4) is 0 Å². The molecular weight excluding hydrogens is 358 g/mol. The quantitative estimate of drug-likeness (QED) is 0.394. The first-order valence-corrected chi connectivity index (χ1v) is 8.58. The fourth-order valence-corrected chi connectivity index (χ4v) is 2.92. The van der Waals surface area contributed by atoms with Crippen LogP contribution in [0.4, 0.5) is 11.6 Å². The van der Waals surface area contributed by atoms with Crippen LogP contribution >= 0.6 is 11.8 Å². The van der Waals surface area contributed by atoms with E-state index in [0.717, 1.165) is 16.3 Å². The molecule has 4 N–H and O–H groups in total. The zero-order valence-corrected chi connectivity index (χ0v) is 15.0. The smallest absolute Gasteiger partial charge is 0.332 e. The lowest BCUT2D eigenvalue weighted by atomic mass is 10.2. The Morgan fingerprint density at radius 3 is 2.65 bits per heavy atom. The normalized spacial score (nSPS) is 10.5. The van der Waals surface area contributed by atoms with Crippen LogP contribution in [0.15, 0.2) is 20.9 Å². The predicted molar refractivity (Wildman–Crippen MR) is 96.9 cm³/mol. The minimum absolute atomic E-state index is 0.00405. The molecule has 136 valence electrons. The maximum Gasteiger partial charge on any atom is 0.332 e. The minimum Gasteiger partial charge on any atom is -0.384 e. The summed E-state index contributed by atoms with van der Waals surface area (Å²) in [5, 5.41) is 8.99. The molecule has 0 spiro atoms. The minimum atomic E-state index is -0.745. The molecule has 0 fully saturated rings. The van der Waals surface area contributed by atoms with Crippen LogP contribution in [0.5, 0.6) is 0 Å². The highest BCUT2D eigenvalue weighted by atomic mass is 32.2. The van der Waals surface area contributed by atoms with Gasteiger partial charge in [-0.2, -0.15) is 5.26 Å². The molecule has 0 aliphatic carbocycles. The Kier molecular flexibility index (Phi) is 5.78. The summed E-state index contributed by atoms with van der Waals surface area (Å²) in [6.45, 7) is 2.14. The Hall–Kier alpha value is -3.13. The number of nitriles is 1. The van der Waals surface area contributed by atoms with Crippen LogP contribution in [0.2, 0.25) is 0 Å². The standard InChI is InChI=1S/C15H17N7O3S/c1-3-4-22-12(18)10(13(24)21(2)15(22)25)9(23)7-26-14-19-6-8(5-16)11(17)20-14/h6H,3-4,7,18H2,1-2H3,(H2,17,19,20). The molecule has 2 aromatic rings. The van der Waals surface area contributed by atoms with Crippen molar-refractivity contribution < 1.29 is 4.79 Å². The molecule has 0 aromatic carbocycles. The molecule has 0 unspecified atom stereocenters. The number of ketones is 1. The fourth-order valence-electron chi connectivity index (χ4n) is 2.22. The van der Waals surface area contributed by atoms with Crippen molar-refractivity contribution in [2.45, 2.75) is 25.0 Å². The average molecular weight is 375 g/mol. The molecule has 0 atom stereocenters. The van der Waals surface area contributed by atoms with E-state index < -0.39 is 17.0 Å². The number of hydrogen-bond donors (Lipinski definition) is 2. The molecule has 0 radical (unpaired) electrons. The largest absolute Gasteiger partial charge is 0.384 e. The molecule has 0 bridgehead atoms. The van der Waals surface area contributed by atoms with Gasteiger partial charge in [0.2, 0.25) is 0 Å². The topological polar surface area (TPSA) is 163 Å². The van der Waals surface area contributed by atoms with Crippen molar-refractivity contribution >= 4 is 29.2 Å². The number of carbonyl (C=O) groups is 1.